The standard InChI is InChI=1S/C14H10FN3O/c15-10-3-1-9(2-4-10)14-18-8-13(19-14)11-5-6-17-7-12(11)16/h1-8H,16H2. The summed E-state index contributed by atoms with van der Waals surface area (Å²) in [6, 6.07) is 7.70. The quantitative estimate of drug-likeness (QED) is 0.764. The van der Waals surface area contributed by atoms with Crippen molar-refractivity contribution in [2.75, 3.05) is 5.73 Å². The lowest BCUT2D eigenvalue weighted by atomic mass is 10.2. The fourth-order valence-electron chi connectivity index (χ4n) is 1.76. The molecule has 0 atom stereocenters. The summed E-state index contributed by atoms with van der Waals surface area (Å²) in [4.78, 5) is 8.08. The molecule has 94 valence electrons. The molecule has 1 aromatic carbocycles. The third-order valence-corrected chi connectivity index (χ3v) is 2.71. The van der Waals surface area contributed by atoms with Crippen LogP contribution in [0.4, 0.5) is 10.1 Å². The zero-order valence-electron chi connectivity index (χ0n) is 9.88. The molecule has 0 saturated carbocycles. The third kappa shape index (κ3) is 2.18. The van der Waals surface area contributed by atoms with Gasteiger partial charge >= 0.3 is 0 Å². The van der Waals surface area contributed by atoms with E-state index < -0.39 is 0 Å². The molecule has 5 heteroatoms. The minimum Gasteiger partial charge on any atom is -0.436 e. The van der Waals surface area contributed by atoms with Gasteiger partial charge in [0.25, 0.3) is 0 Å². The zero-order chi connectivity index (χ0) is 13.2. The maximum atomic E-state index is 12.9. The number of oxazole rings is 1. The van der Waals surface area contributed by atoms with Crippen LogP contribution in [-0.4, -0.2) is 9.97 Å². The van der Waals surface area contributed by atoms with Crippen LogP contribution in [0.15, 0.2) is 53.3 Å². The highest BCUT2D eigenvalue weighted by atomic mass is 19.1. The Morgan fingerprint density at radius 3 is 2.58 bits per heavy atom. The summed E-state index contributed by atoms with van der Waals surface area (Å²) in [7, 11) is 0. The van der Waals surface area contributed by atoms with Gasteiger partial charge in [0.1, 0.15) is 5.82 Å². The number of nitrogens with zero attached hydrogens (tertiary/aromatic N) is 2. The molecule has 0 bridgehead atoms. The number of nitrogens with two attached hydrogens (primary N) is 1. The number of anilines is 1. The van der Waals surface area contributed by atoms with E-state index in [4.69, 9.17) is 10.2 Å². The molecule has 0 amide bonds. The number of rotatable bonds is 2. The second kappa shape index (κ2) is 4.53. The first-order valence-electron chi connectivity index (χ1n) is 5.65. The molecule has 4 nitrogen and oxygen atoms in total. The molecule has 3 rings (SSSR count). The van der Waals surface area contributed by atoms with Gasteiger partial charge in [0, 0.05) is 17.3 Å². The van der Waals surface area contributed by atoms with Crippen molar-refractivity contribution in [2.24, 2.45) is 0 Å². The Bertz CT molecular complexity index is 707. The van der Waals surface area contributed by atoms with Crippen LogP contribution >= 0.6 is 0 Å². The second-order valence-electron chi connectivity index (χ2n) is 4.00. The summed E-state index contributed by atoms with van der Waals surface area (Å²) in [6.45, 7) is 0. The van der Waals surface area contributed by atoms with Crippen LogP contribution < -0.4 is 5.73 Å². The Morgan fingerprint density at radius 2 is 1.84 bits per heavy atom. The Morgan fingerprint density at radius 1 is 1.05 bits per heavy atom. The highest BCUT2D eigenvalue weighted by Gasteiger charge is 2.10. The highest BCUT2D eigenvalue weighted by Crippen LogP contribution is 2.28. The molecule has 3 aromatic rings. The van der Waals surface area contributed by atoms with E-state index in [0.717, 1.165) is 5.56 Å². The third-order valence-electron chi connectivity index (χ3n) is 2.71. The average Bonchev–Trinajstić information content (AvgIpc) is 2.89. The van der Waals surface area contributed by atoms with Crippen molar-refractivity contribution in [3.8, 4) is 22.8 Å². The summed E-state index contributed by atoms with van der Waals surface area (Å²) in [5.74, 6) is 0.680. The number of halogens is 1. The fraction of sp³-hybridized carbons (Fsp3) is 0. The molecule has 2 heterocycles. The van der Waals surface area contributed by atoms with Crippen LogP contribution in [-0.2, 0) is 0 Å². The normalized spacial score (nSPS) is 10.6. The maximum Gasteiger partial charge on any atom is 0.226 e. The Hall–Kier alpha value is -2.69. The van der Waals surface area contributed by atoms with E-state index in [-0.39, 0.29) is 5.82 Å². The summed E-state index contributed by atoms with van der Waals surface area (Å²) in [5.41, 5.74) is 7.78. The molecule has 0 saturated heterocycles. The summed E-state index contributed by atoms with van der Waals surface area (Å²) < 4.78 is 18.5. The van der Waals surface area contributed by atoms with Gasteiger partial charge in [-0.1, -0.05) is 0 Å². The molecule has 0 spiro atoms. The predicted octanol–water partition coefficient (Wildman–Crippen LogP) is 3.12. The Balaban J connectivity index is 2.00. The number of benzene rings is 1. The largest absolute Gasteiger partial charge is 0.436 e. The minimum atomic E-state index is -0.297. The first-order valence-corrected chi connectivity index (χ1v) is 5.65. The first kappa shape index (κ1) is 11.4. The number of aromatic nitrogens is 2. The smallest absolute Gasteiger partial charge is 0.226 e. The molecule has 0 aliphatic carbocycles. The SMILES string of the molecule is Nc1cnccc1-c1cnc(-c2ccc(F)cc2)o1. The van der Waals surface area contributed by atoms with Gasteiger partial charge in [0.05, 0.1) is 18.1 Å². The molecule has 2 N–H and O–H groups in total. The van der Waals surface area contributed by atoms with Gasteiger partial charge in [0.15, 0.2) is 5.76 Å². The molecule has 0 unspecified atom stereocenters. The zero-order valence-corrected chi connectivity index (χ0v) is 9.88. The first-order chi connectivity index (χ1) is 9.24. The van der Waals surface area contributed by atoms with E-state index in [1.807, 2.05) is 0 Å². The van der Waals surface area contributed by atoms with E-state index in [0.29, 0.717) is 22.9 Å². The number of hydrogen-bond donors (Lipinski definition) is 1. The molecule has 0 aliphatic rings. The van der Waals surface area contributed by atoms with Crippen molar-refractivity contribution >= 4 is 5.69 Å². The van der Waals surface area contributed by atoms with E-state index in [9.17, 15) is 4.39 Å². The monoisotopic (exact) mass is 255 g/mol. The summed E-state index contributed by atoms with van der Waals surface area (Å²) in [5, 5.41) is 0. The predicted molar refractivity (Wildman–Crippen MR) is 69.5 cm³/mol. The maximum absolute atomic E-state index is 12.9. The van der Waals surface area contributed by atoms with Gasteiger partial charge in [0.2, 0.25) is 5.89 Å². The molecule has 0 fully saturated rings. The molecule has 2 aromatic heterocycles. The molecular weight excluding hydrogens is 245 g/mol. The lowest BCUT2D eigenvalue weighted by Crippen LogP contribution is -1.89. The summed E-state index contributed by atoms with van der Waals surface area (Å²) >= 11 is 0. The minimum absolute atomic E-state index is 0.297. The molecule has 19 heavy (non-hydrogen) atoms. The van der Waals surface area contributed by atoms with E-state index in [2.05, 4.69) is 9.97 Å². The van der Waals surface area contributed by atoms with E-state index in [1.165, 1.54) is 12.1 Å². The van der Waals surface area contributed by atoms with Crippen molar-refractivity contribution in [1.29, 1.82) is 0 Å². The van der Waals surface area contributed by atoms with Gasteiger partial charge in [-0.2, -0.15) is 0 Å². The van der Waals surface area contributed by atoms with Crippen LogP contribution in [0, 0.1) is 5.82 Å². The summed E-state index contributed by atoms with van der Waals surface area (Å²) in [6.07, 6.45) is 4.77. The molecular formula is C14H10FN3O. The van der Waals surface area contributed by atoms with Gasteiger partial charge < -0.3 is 10.2 Å². The van der Waals surface area contributed by atoms with Gasteiger partial charge in [-0.3, -0.25) is 4.98 Å². The van der Waals surface area contributed by atoms with E-state index >= 15 is 0 Å². The van der Waals surface area contributed by atoms with Crippen LogP contribution in [0.1, 0.15) is 0 Å². The number of nitrogen functional groups attached to an aromatic ring is 1. The van der Waals surface area contributed by atoms with E-state index in [1.54, 1.807) is 36.8 Å². The fourth-order valence-corrected chi connectivity index (χ4v) is 1.76. The Kier molecular flexibility index (Phi) is 2.72. The lowest BCUT2D eigenvalue weighted by molar-refractivity contribution is 0.588. The molecule has 0 aliphatic heterocycles. The van der Waals surface area contributed by atoms with Crippen LogP contribution in [0.2, 0.25) is 0 Å². The Labute approximate surface area is 108 Å². The second-order valence-corrected chi connectivity index (χ2v) is 4.00. The van der Waals surface area contributed by atoms with Crippen LogP contribution in [0.3, 0.4) is 0 Å². The van der Waals surface area contributed by atoms with Gasteiger partial charge in [-0.25, -0.2) is 9.37 Å². The van der Waals surface area contributed by atoms with Crippen LogP contribution in [0.5, 0.6) is 0 Å². The average molecular weight is 255 g/mol. The van der Waals surface area contributed by atoms with Crippen molar-refractivity contribution in [1.82, 2.24) is 9.97 Å². The topological polar surface area (TPSA) is 64.9 Å². The lowest BCUT2D eigenvalue weighted by Gasteiger charge is -1.99. The van der Waals surface area contributed by atoms with Crippen LogP contribution in [0.25, 0.3) is 22.8 Å². The van der Waals surface area contributed by atoms with Crippen molar-refractivity contribution in [2.45, 2.75) is 0 Å². The van der Waals surface area contributed by atoms with Gasteiger partial charge in [-0.05, 0) is 30.3 Å². The number of pyridine rings is 1. The van der Waals surface area contributed by atoms with Crippen molar-refractivity contribution in [3.63, 3.8) is 0 Å². The van der Waals surface area contributed by atoms with Crippen molar-refractivity contribution < 1.29 is 8.81 Å². The van der Waals surface area contributed by atoms with Crippen molar-refractivity contribution in [3.05, 3.63) is 54.7 Å². The number of hydrogen-bond acceptors (Lipinski definition) is 4. The highest BCUT2D eigenvalue weighted by molar-refractivity contribution is 5.72. The molecule has 0 radical (unpaired) electrons. The van der Waals surface area contributed by atoms with Gasteiger partial charge in [-0.15, -0.1) is 0 Å².